The Balaban J connectivity index is 0.00000240. The summed E-state index contributed by atoms with van der Waals surface area (Å²) in [7, 11) is 1.43. The summed E-state index contributed by atoms with van der Waals surface area (Å²) in [4.78, 5) is 19.8. The molecule has 8 heteroatoms. The lowest BCUT2D eigenvalue weighted by Gasteiger charge is -2.09. The van der Waals surface area contributed by atoms with E-state index >= 15 is 0 Å². The molecule has 148 valence electrons. The van der Waals surface area contributed by atoms with Gasteiger partial charge in [-0.15, -0.1) is 12.4 Å². The van der Waals surface area contributed by atoms with Crippen LogP contribution in [0.4, 0.5) is 15.9 Å². The number of aryl methyl sites for hydroxylation is 1. The molecule has 2 aromatic carbocycles. The van der Waals surface area contributed by atoms with Crippen LogP contribution in [-0.4, -0.2) is 27.8 Å². The largest absolute Gasteiger partial charge is 0.494 e. The van der Waals surface area contributed by atoms with Gasteiger partial charge in [-0.25, -0.2) is 14.4 Å². The van der Waals surface area contributed by atoms with Gasteiger partial charge in [0.2, 0.25) is 0 Å². The van der Waals surface area contributed by atoms with Crippen LogP contribution in [-0.2, 0) is 0 Å². The fraction of sp³-hybridized carbons (Fsp3) is 0.0952. The van der Waals surface area contributed by atoms with Gasteiger partial charge in [-0.3, -0.25) is 9.20 Å². The zero-order valence-electron chi connectivity index (χ0n) is 15.7. The third-order valence-electron chi connectivity index (χ3n) is 4.54. The number of methoxy groups -OCH3 is 1. The third kappa shape index (κ3) is 3.77. The van der Waals surface area contributed by atoms with E-state index in [1.165, 1.54) is 13.2 Å². The van der Waals surface area contributed by atoms with Crippen molar-refractivity contribution in [2.45, 2.75) is 6.92 Å². The van der Waals surface area contributed by atoms with E-state index < -0.39 is 5.82 Å². The summed E-state index contributed by atoms with van der Waals surface area (Å²) in [6, 6.07) is 10.2. The average Bonchev–Trinajstić information content (AvgIpc) is 3.13. The van der Waals surface area contributed by atoms with E-state index in [2.05, 4.69) is 15.3 Å². The number of hydrogen-bond acceptors (Lipinski definition) is 5. The number of imidazole rings is 1. The zero-order chi connectivity index (χ0) is 19.7. The molecule has 2 heterocycles. The number of fused-ring (bicyclic) bond motifs is 1. The van der Waals surface area contributed by atoms with Gasteiger partial charge in [0.1, 0.15) is 6.29 Å². The second kappa shape index (κ2) is 8.28. The van der Waals surface area contributed by atoms with Gasteiger partial charge in [0, 0.05) is 29.2 Å². The molecule has 29 heavy (non-hydrogen) atoms. The molecule has 4 rings (SSSR count). The molecular formula is C21H18ClFN4O2. The van der Waals surface area contributed by atoms with Crippen molar-refractivity contribution in [2.24, 2.45) is 0 Å². The number of carbonyl (C=O) groups is 1. The van der Waals surface area contributed by atoms with Crippen LogP contribution in [0.5, 0.6) is 5.75 Å². The first kappa shape index (κ1) is 20.3. The number of benzene rings is 2. The van der Waals surface area contributed by atoms with Gasteiger partial charge in [-0.2, -0.15) is 0 Å². The number of hydrogen-bond donors (Lipinski definition) is 1. The standard InChI is InChI=1S/C21H17FN4O2.ClH/c1-13-9-16(5-3-15(13)12-27)25-20-21-24-11-18(26(21)8-7-23-20)14-4-6-19(28-2)17(22)10-14;/h3-12H,1-2H3,(H,23,25);1H. The Hall–Kier alpha value is -3.45. The summed E-state index contributed by atoms with van der Waals surface area (Å²) >= 11 is 0. The van der Waals surface area contributed by atoms with Crippen LogP contribution < -0.4 is 10.1 Å². The van der Waals surface area contributed by atoms with Crippen LogP contribution in [0, 0.1) is 12.7 Å². The van der Waals surface area contributed by atoms with Gasteiger partial charge >= 0.3 is 0 Å². The molecular weight excluding hydrogens is 395 g/mol. The van der Waals surface area contributed by atoms with Crippen molar-refractivity contribution in [3.8, 4) is 17.0 Å². The third-order valence-corrected chi connectivity index (χ3v) is 4.54. The second-order valence-electron chi connectivity index (χ2n) is 6.28. The Bertz CT molecular complexity index is 1190. The Morgan fingerprint density at radius 2 is 2.00 bits per heavy atom. The van der Waals surface area contributed by atoms with Gasteiger partial charge in [0.05, 0.1) is 19.0 Å². The predicted octanol–water partition coefficient (Wildman–Crippen LogP) is 4.83. The SMILES string of the molecule is COc1ccc(-c2cnc3c(Nc4ccc(C=O)c(C)c4)nccn23)cc1F.Cl. The van der Waals surface area contributed by atoms with Crippen molar-refractivity contribution in [3.63, 3.8) is 0 Å². The van der Waals surface area contributed by atoms with E-state index in [0.717, 1.165) is 23.2 Å². The highest BCUT2D eigenvalue weighted by Crippen LogP contribution is 2.28. The summed E-state index contributed by atoms with van der Waals surface area (Å²) in [5.74, 6) is 0.310. The van der Waals surface area contributed by atoms with Gasteiger partial charge < -0.3 is 10.1 Å². The summed E-state index contributed by atoms with van der Waals surface area (Å²) in [6.45, 7) is 1.87. The quantitative estimate of drug-likeness (QED) is 0.475. The minimum absolute atomic E-state index is 0. The maximum absolute atomic E-state index is 14.1. The van der Waals surface area contributed by atoms with Gasteiger partial charge in [-0.1, -0.05) is 0 Å². The van der Waals surface area contributed by atoms with Crippen LogP contribution in [0.15, 0.2) is 55.0 Å². The van der Waals surface area contributed by atoms with Gasteiger partial charge in [-0.05, 0) is 48.9 Å². The Kier molecular flexibility index (Phi) is 5.79. The number of halogens is 2. The second-order valence-corrected chi connectivity index (χ2v) is 6.28. The lowest BCUT2D eigenvalue weighted by atomic mass is 10.1. The maximum atomic E-state index is 14.1. The number of anilines is 2. The van der Waals surface area contributed by atoms with Gasteiger partial charge in [0.25, 0.3) is 0 Å². The molecule has 0 aliphatic heterocycles. The normalized spacial score (nSPS) is 10.4. The molecule has 0 unspecified atom stereocenters. The lowest BCUT2D eigenvalue weighted by Crippen LogP contribution is -1.99. The first-order valence-electron chi connectivity index (χ1n) is 8.59. The molecule has 0 radical (unpaired) electrons. The monoisotopic (exact) mass is 412 g/mol. The number of carbonyl (C=O) groups excluding carboxylic acids is 1. The minimum atomic E-state index is -0.437. The molecule has 0 aliphatic rings. The van der Waals surface area contributed by atoms with E-state index in [1.54, 1.807) is 36.8 Å². The van der Waals surface area contributed by atoms with Crippen LogP contribution >= 0.6 is 12.4 Å². The smallest absolute Gasteiger partial charge is 0.180 e. The van der Waals surface area contributed by atoms with Crippen LogP contribution in [0.3, 0.4) is 0 Å². The first-order chi connectivity index (χ1) is 13.6. The van der Waals surface area contributed by atoms with Crippen molar-refractivity contribution >= 4 is 35.8 Å². The number of aldehydes is 1. The van der Waals surface area contributed by atoms with Crippen LogP contribution in [0.25, 0.3) is 16.9 Å². The van der Waals surface area contributed by atoms with E-state index in [9.17, 15) is 9.18 Å². The summed E-state index contributed by atoms with van der Waals surface area (Å²) in [5, 5.41) is 3.23. The molecule has 0 saturated carbocycles. The maximum Gasteiger partial charge on any atom is 0.180 e. The predicted molar refractivity (Wildman–Crippen MR) is 112 cm³/mol. The molecule has 0 bridgehead atoms. The number of aromatic nitrogens is 3. The summed E-state index contributed by atoms with van der Waals surface area (Å²) < 4.78 is 20.9. The number of nitrogens with one attached hydrogen (secondary N) is 1. The summed E-state index contributed by atoms with van der Waals surface area (Å²) in [6.07, 6.45) is 5.91. The molecule has 0 spiro atoms. The van der Waals surface area contributed by atoms with Crippen LogP contribution in [0.1, 0.15) is 15.9 Å². The molecule has 0 saturated heterocycles. The van der Waals surface area contributed by atoms with Crippen molar-refractivity contribution in [1.29, 1.82) is 0 Å². The molecule has 4 aromatic rings. The zero-order valence-corrected chi connectivity index (χ0v) is 16.5. The highest BCUT2D eigenvalue weighted by Gasteiger charge is 2.13. The van der Waals surface area contributed by atoms with Crippen molar-refractivity contribution < 1.29 is 13.9 Å². The fourth-order valence-corrected chi connectivity index (χ4v) is 3.07. The van der Waals surface area contributed by atoms with E-state index in [4.69, 9.17) is 4.74 Å². The fourth-order valence-electron chi connectivity index (χ4n) is 3.07. The number of nitrogens with zero attached hydrogens (tertiary/aromatic N) is 3. The highest BCUT2D eigenvalue weighted by atomic mass is 35.5. The van der Waals surface area contributed by atoms with E-state index in [1.807, 2.05) is 23.5 Å². The van der Waals surface area contributed by atoms with Gasteiger partial charge in [0.15, 0.2) is 23.0 Å². The Morgan fingerprint density at radius 1 is 1.17 bits per heavy atom. The van der Waals surface area contributed by atoms with Crippen molar-refractivity contribution in [3.05, 3.63) is 71.9 Å². The molecule has 0 atom stereocenters. The van der Waals surface area contributed by atoms with Crippen molar-refractivity contribution in [2.75, 3.05) is 12.4 Å². The first-order valence-corrected chi connectivity index (χ1v) is 8.59. The topological polar surface area (TPSA) is 68.5 Å². The van der Waals surface area contributed by atoms with E-state index in [0.29, 0.717) is 22.6 Å². The minimum Gasteiger partial charge on any atom is -0.494 e. The Labute approximate surface area is 172 Å². The summed E-state index contributed by atoms with van der Waals surface area (Å²) in [5.41, 5.74) is 4.31. The molecule has 2 aromatic heterocycles. The average molecular weight is 413 g/mol. The molecule has 1 N–H and O–H groups in total. The number of rotatable bonds is 5. The molecule has 0 fully saturated rings. The molecule has 0 amide bonds. The Morgan fingerprint density at radius 3 is 2.69 bits per heavy atom. The highest BCUT2D eigenvalue weighted by molar-refractivity contribution is 5.85. The lowest BCUT2D eigenvalue weighted by molar-refractivity contribution is 0.112. The number of ether oxygens (including phenoxy) is 1. The molecule has 6 nitrogen and oxygen atoms in total. The van der Waals surface area contributed by atoms with Crippen molar-refractivity contribution in [1.82, 2.24) is 14.4 Å². The molecule has 0 aliphatic carbocycles. The van der Waals surface area contributed by atoms with Crippen LogP contribution in [0.2, 0.25) is 0 Å². The van der Waals surface area contributed by atoms with E-state index in [-0.39, 0.29) is 18.2 Å².